The Hall–Kier alpha value is -1.32. The van der Waals surface area contributed by atoms with Gasteiger partial charge in [0.15, 0.2) is 0 Å². The standard InChI is InChI=1S/C12H19N3O/c1-10-8-11(14-13-10)9-12(16)15-6-4-2-3-5-7-15/h8H,2-7,9H2,1H3,(H,13,14). The van der Waals surface area contributed by atoms with Gasteiger partial charge in [-0.15, -0.1) is 0 Å². The molecule has 1 amide bonds. The van der Waals surface area contributed by atoms with Crippen LogP contribution in [0.3, 0.4) is 0 Å². The summed E-state index contributed by atoms with van der Waals surface area (Å²) in [5.74, 6) is 0.216. The average molecular weight is 221 g/mol. The highest BCUT2D eigenvalue weighted by Crippen LogP contribution is 2.11. The van der Waals surface area contributed by atoms with Gasteiger partial charge in [0, 0.05) is 18.8 Å². The molecule has 1 N–H and O–H groups in total. The molecule has 1 aliphatic rings. The molecule has 4 heteroatoms. The fourth-order valence-electron chi connectivity index (χ4n) is 2.15. The number of hydrogen-bond acceptors (Lipinski definition) is 2. The lowest BCUT2D eigenvalue weighted by atomic mass is 10.2. The Morgan fingerprint density at radius 2 is 2.06 bits per heavy atom. The van der Waals surface area contributed by atoms with Gasteiger partial charge in [-0.3, -0.25) is 9.89 Å². The maximum absolute atomic E-state index is 12.0. The van der Waals surface area contributed by atoms with Gasteiger partial charge in [-0.2, -0.15) is 5.10 Å². The van der Waals surface area contributed by atoms with Crippen molar-refractivity contribution in [3.8, 4) is 0 Å². The molecule has 0 aliphatic carbocycles. The van der Waals surface area contributed by atoms with Crippen LogP contribution < -0.4 is 0 Å². The highest BCUT2D eigenvalue weighted by atomic mass is 16.2. The van der Waals surface area contributed by atoms with E-state index in [1.807, 2.05) is 17.9 Å². The summed E-state index contributed by atoms with van der Waals surface area (Å²) in [4.78, 5) is 14.0. The number of rotatable bonds is 2. The Morgan fingerprint density at radius 1 is 1.38 bits per heavy atom. The number of hydrogen-bond donors (Lipinski definition) is 1. The summed E-state index contributed by atoms with van der Waals surface area (Å²) in [6.45, 7) is 3.79. The highest BCUT2D eigenvalue weighted by molar-refractivity contribution is 5.78. The summed E-state index contributed by atoms with van der Waals surface area (Å²) < 4.78 is 0. The van der Waals surface area contributed by atoms with Gasteiger partial charge in [0.05, 0.1) is 12.1 Å². The van der Waals surface area contributed by atoms with Crippen LogP contribution in [0.2, 0.25) is 0 Å². The van der Waals surface area contributed by atoms with Crippen LogP contribution in [0.15, 0.2) is 6.07 Å². The Bertz CT molecular complexity index is 351. The van der Waals surface area contributed by atoms with Crippen LogP contribution in [0.25, 0.3) is 0 Å². The largest absolute Gasteiger partial charge is 0.342 e. The van der Waals surface area contributed by atoms with Crippen molar-refractivity contribution >= 4 is 5.91 Å². The number of likely N-dealkylation sites (tertiary alicyclic amines) is 1. The normalized spacial score (nSPS) is 17.2. The Labute approximate surface area is 96.0 Å². The summed E-state index contributed by atoms with van der Waals surface area (Å²) in [6, 6.07) is 1.94. The van der Waals surface area contributed by atoms with Crippen molar-refractivity contribution < 1.29 is 4.79 Å². The molecule has 0 atom stereocenters. The molecular formula is C12H19N3O. The first-order valence-electron chi connectivity index (χ1n) is 6.04. The molecular weight excluding hydrogens is 202 g/mol. The van der Waals surface area contributed by atoms with Crippen LogP contribution in [0.5, 0.6) is 0 Å². The van der Waals surface area contributed by atoms with Gasteiger partial charge >= 0.3 is 0 Å². The quantitative estimate of drug-likeness (QED) is 0.825. The maximum atomic E-state index is 12.0. The third-order valence-electron chi connectivity index (χ3n) is 3.05. The van der Waals surface area contributed by atoms with Crippen LogP contribution in [-0.4, -0.2) is 34.1 Å². The SMILES string of the molecule is Cc1cc(CC(=O)N2CCCCCC2)n[nH]1. The lowest BCUT2D eigenvalue weighted by molar-refractivity contribution is -0.130. The zero-order valence-electron chi connectivity index (χ0n) is 9.83. The molecule has 0 unspecified atom stereocenters. The van der Waals surface area contributed by atoms with Gasteiger partial charge in [0.2, 0.25) is 5.91 Å². The average Bonchev–Trinajstić information content (AvgIpc) is 2.56. The van der Waals surface area contributed by atoms with Crippen LogP contribution in [0, 0.1) is 6.92 Å². The number of carbonyl (C=O) groups is 1. The van der Waals surface area contributed by atoms with Crippen molar-refractivity contribution in [2.45, 2.75) is 39.0 Å². The molecule has 2 rings (SSSR count). The van der Waals surface area contributed by atoms with Gasteiger partial charge < -0.3 is 4.90 Å². The van der Waals surface area contributed by atoms with E-state index >= 15 is 0 Å². The zero-order chi connectivity index (χ0) is 11.4. The summed E-state index contributed by atoms with van der Waals surface area (Å²) in [6.07, 6.45) is 5.23. The van der Waals surface area contributed by atoms with Gasteiger partial charge in [-0.25, -0.2) is 0 Å². The van der Waals surface area contributed by atoms with E-state index in [-0.39, 0.29) is 5.91 Å². The summed E-state index contributed by atoms with van der Waals surface area (Å²) in [5, 5.41) is 6.97. The fourth-order valence-corrected chi connectivity index (χ4v) is 2.15. The van der Waals surface area contributed by atoms with Crippen molar-refractivity contribution in [2.75, 3.05) is 13.1 Å². The molecule has 0 aromatic carbocycles. The van der Waals surface area contributed by atoms with Gasteiger partial charge in [-0.05, 0) is 25.8 Å². The van der Waals surface area contributed by atoms with Crippen molar-refractivity contribution in [3.05, 3.63) is 17.5 Å². The summed E-state index contributed by atoms with van der Waals surface area (Å²) >= 11 is 0. The van der Waals surface area contributed by atoms with Crippen molar-refractivity contribution in [2.24, 2.45) is 0 Å². The van der Waals surface area contributed by atoms with E-state index in [1.54, 1.807) is 0 Å². The lowest BCUT2D eigenvalue weighted by Crippen LogP contribution is -2.33. The minimum atomic E-state index is 0.216. The van der Waals surface area contributed by atoms with Crippen LogP contribution in [-0.2, 0) is 11.2 Å². The smallest absolute Gasteiger partial charge is 0.228 e. The van der Waals surface area contributed by atoms with Gasteiger partial charge in [0.25, 0.3) is 0 Å². The summed E-state index contributed by atoms with van der Waals surface area (Å²) in [7, 11) is 0. The molecule has 1 aromatic heterocycles. The molecule has 0 radical (unpaired) electrons. The minimum Gasteiger partial charge on any atom is -0.342 e. The number of nitrogens with one attached hydrogen (secondary N) is 1. The summed E-state index contributed by atoms with van der Waals surface area (Å²) in [5.41, 5.74) is 1.87. The zero-order valence-corrected chi connectivity index (χ0v) is 9.83. The van der Waals surface area contributed by atoms with Gasteiger partial charge in [-0.1, -0.05) is 12.8 Å². The van der Waals surface area contributed by atoms with Crippen molar-refractivity contribution in [1.82, 2.24) is 15.1 Å². The molecule has 1 fully saturated rings. The molecule has 16 heavy (non-hydrogen) atoms. The van der Waals surface area contributed by atoms with Crippen molar-refractivity contribution in [3.63, 3.8) is 0 Å². The lowest BCUT2D eigenvalue weighted by Gasteiger charge is -2.19. The minimum absolute atomic E-state index is 0.216. The maximum Gasteiger partial charge on any atom is 0.228 e. The molecule has 1 saturated heterocycles. The molecule has 88 valence electrons. The molecule has 0 saturated carbocycles. The highest BCUT2D eigenvalue weighted by Gasteiger charge is 2.16. The first kappa shape index (κ1) is 11.2. The third-order valence-corrected chi connectivity index (χ3v) is 3.05. The molecule has 0 bridgehead atoms. The molecule has 1 aromatic rings. The van der Waals surface area contributed by atoms with E-state index in [0.29, 0.717) is 6.42 Å². The van der Waals surface area contributed by atoms with Crippen LogP contribution >= 0.6 is 0 Å². The third kappa shape index (κ3) is 2.84. The number of nitrogens with zero attached hydrogens (tertiary/aromatic N) is 2. The van der Waals surface area contributed by atoms with E-state index in [9.17, 15) is 4.79 Å². The Morgan fingerprint density at radius 3 is 2.62 bits per heavy atom. The van der Waals surface area contributed by atoms with Gasteiger partial charge in [0.1, 0.15) is 0 Å². The van der Waals surface area contributed by atoms with E-state index in [4.69, 9.17) is 0 Å². The Balaban J connectivity index is 1.91. The molecule has 2 heterocycles. The predicted octanol–water partition coefficient (Wildman–Crippen LogP) is 1.66. The van der Waals surface area contributed by atoms with E-state index in [0.717, 1.165) is 37.3 Å². The predicted molar refractivity (Wildman–Crippen MR) is 62.1 cm³/mol. The first-order valence-corrected chi connectivity index (χ1v) is 6.04. The van der Waals surface area contributed by atoms with E-state index in [1.165, 1.54) is 12.8 Å². The van der Waals surface area contributed by atoms with E-state index in [2.05, 4.69) is 10.2 Å². The first-order chi connectivity index (χ1) is 7.75. The number of aryl methyl sites for hydroxylation is 1. The topological polar surface area (TPSA) is 49.0 Å². The van der Waals surface area contributed by atoms with E-state index < -0.39 is 0 Å². The van der Waals surface area contributed by atoms with Crippen LogP contribution in [0.4, 0.5) is 0 Å². The second kappa shape index (κ2) is 5.14. The monoisotopic (exact) mass is 221 g/mol. The molecule has 1 aliphatic heterocycles. The fraction of sp³-hybridized carbons (Fsp3) is 0.667. The Kier molecular flexibility index (Phi) is 3.59. The number of H-pyrrole nitrogens is 1. The van der Waals surface area contributed by atoms with Crippen molar-refractivity contribution in [1.29, 1.82) is 0 Å². The second-order valence-electron chi connectivity index (χ2n) is 4.51. The second-order valence-corrected chi connectivity index (χ2v) is 4.51. The molecule has 4 nitrogen and oxygen atoms in total. The number of carbonyl (C=O) groups excluding carboxylic acids is 1. The number of aromatic nitrogens is 2. The number of amides is 1. The van der Waals surface area contributed by atoms with Crippen LogP contribution in [0.1, 0.15) is 37.1 Å². The number of aromatic amines is 1. The molecule has 0 spiro atoms.